The molecule has 1 atom stereocenters. The lowest BCUT2D eigenvalue weighted by atomic mass is 10.1. The summed E-state index contributed by atoms with van der Waals surface area (Å²) in [6.45, 7) is 7.99. The fourth-order valence-corrected chi connectivity index (χ4v) is 3.95. The Morgan fingerprint density at radius 2 is 1.89 bits per heavy atom. The number of furan rings is 1. The molecule has 0 aliphatic carbocycles. The van der Waals surface area contributed by atoms with Crippen LogP contribution in [0.4, 0.5) is 0 Å². The first-order valence-electron chi connectivity index (χ1n) is 9.72. The van der Waals surface area contributed by atoms with Crippen LogP contribution in [0.5, 0.6) is 11.5 Å². The van der Waals surface area contributed by atoms with Crippen LogP contribution in [-0.4, -0.2) is 60.4 Å². The molecule has 0 radical (unpaired) electrons. The monoisotopic (exact) mass is 372 g/mol. The average Bonchev–Trinajstić information content (AvgIpc) is 3.09. The predicted molar refractivity (Wildman–Crippen MR) is 102 cm³/mol. The lowest BCUT2D eigenvalue weighted by Crippen LogP contribution is -2.52. The van der Waals surface area contributed by atoms with Crippen molar-refractivity contribution >= 4 is 0 Å². The second-order valence-corrected chi connectivity index (χ2v) is 7.36. The van der Waals surface area contributed by atoms with Gasteiger partial charge in [0.25, 0.3) is 0 Å². The first-order chi connectivity index (χ1) is 13.2. The van der Waals surface area contributed by atoms with E-state index in [0.29, 0.717) is 19.3 Å². The maximum Gasteiger partial charge on any atom is 0.161 e. The molecule has 2 aliphatic heterocycles. The van der Waals surface area contributed by atoms with Crippen molar-refractivity contribution in [2.45, 2.75) is 32.5 Å². The first kappa shape index (κ1) is 18.3. The number of ether oxygens (including phenoxy) is 2. The van der Waals surface area contributed by atoms with Crippen molar-refractivity contribution in [1.82, 2.24) is 9.80 Å². The molecule has 0 bridgehead atoms. The Morgan fingerprint density at radius 1 is 1.04 bits per heavy atom. The van der Waals surface area contributed by atoms with Crippen LogP contribution < -0.4 is 9.47 Å². The fraction of sp³-hybridized carbons (Fsp3) is 0.524. The summed E-state index contributed by atoms with van der Waals surface area (Å²) in [5.41, 5.74) is 1.23. The molecule has 27 heavy (non-hydrogen) atoms. The van der Waals surface area contributed by atoms with Crippen LogP contribution in [-0.2, 0) is 13.1 Å². The van der Waals surface area contributed by atoms with E-state index in [0.717, 1.165) is 62.2 Å². The summed E-state index contributed by atoms with van der Waals surface area (Å²) in [6, 6.07) is 10.6. The average molecular weight is 372 g/mol. The highest BCUT2D eigenvalue weighted by Gasteiger charge is 2.27. The molecule has 1 aromatic carbocycles. The number of hydrogen-bond donors (Lipinski definition) is 1. The van der Waals surface area contributed by atoms with Gasteiger partial charge in [-0.05, 0) is 43.2 Å². The van der Waals surface area contributed by atoms with Gasteiger partial charge < -0.3 is 19.0 Å². The Kier molecular flexibility index (Phi) is 5.66. The van der Waals surface area contributed by atoms with Crippen LogP contribution in [0.1, 0.15) is 23.5 Å². The number of hydrogen-bond acceptors (Lipinski definition) is 6. The minimum Gasteiger partial charge on any atom is -0.486 e. The maximum absolute atomic E-state index is 9.52. The Hall–Kier alpha value is -2.02. The van der Waals surface area contributed by atoms with Crippen molar-refractivity contribution < 1.29 is 19.0 Å². The van der Waals surface area contributed by atoms with E-state index >= 15 is 0 Å². The summed E-state index contributed by atoms with van der Waals surface area (Å²) in [5, 5.41) is 9.52. The van der Waals surface area contributed by atoms with Gasteiger partial charge in [0.05, 0.1) is 6.54 Å². The van der Waals surface area contributed by atoms with E-state index in [9.17, 15) is 5.11 Å². The number of aliphatic hydroxyl groups is 1. The van der Waals surface area contributed by atoms with Crippen LogP contribution in [0, 0.1) is 6.92 Å². The molecular weight excluding hydrogens is 344 g/mol. The van der Waals surface area contributed by atoms with Crippen LogP contribution in [0.3, 0.4) is 0 Å². The largest absolute Gasteiger partial charge is 0.486 e. The Labute approximate surface area is 160 Å². The molecule has 1 fully saturated rings. The minimum atomic E-state index is 0.205. The molecule has 0 spiro atoms. The molecule has 2 aliphatic rings. The third kappa shape index (κ3) is 4.46. The van der Waals surface area contributed by atoms with E-state index in [2.05, 4.69) is 21.9 Å². The standard InChI is InChI=1S/C21H28N2O4/c1-16-2-4-19(27-16)15-23-8-7-22(14-18(23)6-9-24)13-17-3-5-20-21(12-17)26-11-10-25-20/h2-5,12,18,24H,6-11,13-15H2,1H3/t18-/m0/s1. The Bertz CT molecular complexity index is 760. The van der Waals surface area contributed by atoms with Crippen LogP contribution in [0.25, 0.3) is 0 Å². The Morgan fingerprint density at radius 3 is 2.67 bits per heavy atom. The van der Waals surface area contributed by atoms with Crippen LogP contribution in [0.15, 0.2) is 34.7 Å². The first-order valence-corrected chi connectivity index (χ1v) is 9.72. The molecule has 6 heteroatoms. The lowest BCUT2D eigenvalue weighted by molar-refractivity contribution is 0.0453. The SMILES string of the molecule is Cc1ccc(CN2CCN(Cc3ccc4c(c3)OCCO4)C[C@@H]2CCO)o1. The predicted octanol–water partition coefficient (Wildman–Crippen LogP) is 2.43. The van der Waals surface area contributed by atoms with Gasteiger partial charge in [-0.3, -0.25) is 9.80 Å². The van der Waals surface area contributed by atoms with Crippen molar-refractivity contribution in [3.63, 3.8) is 0 Å². The van der Waals surface area contributed by atoms with Crippen molar-refractivity contribution in [2.24, 2.45) is 0 Å². The molecule has 1 saturated heterocycles. The van der Waals surface area contributed by atoms with Crippen molar-refractivity contribution in [2.75, 3.05) is 39.5 Å². The van der Waals surface area contributed by atoms with Gasteiger partial charge in [-0.15, -0.1) is 0 Å². The van der Waals surface area contributed by atoms with Crippen LogP contribution in [0.2, 0.25) is 0 Å². The lowest BCUT2D eigenvalue weighted by Gasteiger charge is -2.41. The molecule has 0 amide bonds. The van der Waals surface area contributed by atoms with Crippen molar-refractivity contribution in [3.8, 4) is 11.5 Å². The third-order valence-electron chi connectivity index (χ3n) is 5.32. The number of aryl methyl sites for hydroxylation is 1. The molecule has 6 nitrogen and oxygen atoms in total. The fourth-order valence-electron chi connectivity index (χ4n) is 3.95. The molecule has 1 aromatic heterocycles. The molecule has 1 N–H and O–H groups in total. The summed E-state index contributed by atoms with van der Waals surface area (Å²) in [6.07, 6.45) is 0.775. The zero-order valence-corrected chi connectivity index (χ0v) is 15.9. The zero-order valence-electron chi connectivity index (χ0n) is 15.9. The molecule has 0 saturated carbocycles. The van der Waals surface area contributed by atoms with E-state index in [1.54, 1.807) is 0 Å². The van der Waals surface area contributed by atoms with Crippen molar-refractivity contribution in [3.05, 3.63) is 47.4 Å². The molecule has 2 aromatic rings. The number of rotatable bonds is 6. The number of piperazine rings is 1. The topological polar surface area (TPSA) is 58.3 Å². The van der Waals surface area contributed by atoms with Gasteiger partial charge in [-0.25, -0.2) is 0 Å². The van der Waals surface area contributed by atoms with Gasteiger partial charge in [0.1, 0.15) is 24.7 Å². The summed E-state index contributed by atoms with van der Waals surface area (Å²) in [7, 11) is 0. The zero-order chi connectivity index (χ0) is 18.6. The minimum absolute atomic E-state index is 0.205. The smallest absolute Gasteiger partial charge is 0.161 e. The second kappa shape index (κ2) is 8.33. The number of benzene rings is 1. The third-order valence-corrected chi connectivity index (χ3v) is 5.32. The summed E-state index contributed by atoms with van der Waals surface area (Å²) < 4.78 is 17.1. The number of fused-ring (bicyclic) bond motifs is 1. The maximum atomic E-state index is 9.52. The number of nitrogens with zero attached hydrogens (tertiary/aromatic N) is 2. The Balaban J connectivity index is 1.39. The van der Waals surface area contributed by atoms with Crippen LogP contribution >= 0.6 is 0 Å². The molecular formula is C21H28N2O4. The normalized spacial score (nSPS) is 20.7. The highest BCUT2D eigenvalue weighted by atomic mass is 16.6. The van der Waals surface area contributed by atoms with Gasteiger partial charge in [0.2, 0.25) is 0 Å². The summed E-state index contributed by atoms with van der Waals surface area (Å²) >= 11 is 0. The van der Waals surface area contributed by atoms with E-state index in [4.69, 9.17) is 13.9 Å². The van der Waals surface area contributed by atoms with E-state index in [1.165, 1.54) is 5.56 Å². The molecule has 4 rings (SSSR count). The van der Waals surface area contributed by atoms with Gasteiger partial charge in [-0.2, -0.15) is 0 Å². The van der Waals surface area contributed by atoms with E-state index < -0.39 is 0 Å². The highest BCUT2D eigenvalue weighted by molar-refractivity contribution is 5.43. The second-order valence-electron chi connectivity index (χ2n) is 7.36. The number of aliphatic hydroxyl groups excluding tert-OH is 1. The molecule has 3 heterocycles. The summed E-state index contributed by atoms with van der Waals surface area (Å²) in [4.78, 5) is 4.88. The van der Waals surface area contributed by atoms with Gasteiger partial charge in [-0.1, -0.05) is 6.07 Å². The highest BCUT2D eigenvalue weighted by Crippen LogP contribution is 2.31. The molecule has 0 unspecified atom stereocenters. The summed E-state index contributed by atoms with van der Waals surface area (Å²) in [5.74, 6) is 3.62. The van der Waals surface area contributed by atoms with Gasteiger partial charge in [0, 0.05) is 38.8 Å². The van der Waals surface area contributed by atoms with Gasteiger partial charge >= 0.3 is 0 Å². The van der Waals surface area contributed by atoms with E-state index in [-0.39, 0.29) is 6.61 Å². The van der Waals surface area contributed by atoms with E-state index in [1.807, 2.05) is 25.1 Å². The van der Waals surface area contributed by atoms with Crippen molar-refractivity contribution in [1.29, 1.82) is 0 Å². The van der Waals surface area contributed by atoms with Gasteiger partial charge in [0.15, 0.2) is 11.5 Å². The quantitative estimate of drug-likeness (QED) is 0.841. The molecule has 146 valence electrons.